The monoisotopic (exact) mass is 663 g/mol. The molecule has 0 saturated carbocycles. The van der Waals surface area contributed by atoms with Crippen molar-refractivity contribution < 1.29 is 29.3 Å². The van der Waals surface area contributed by atoms with Crippen molar-refractivity contribution in [2.45, 2.75) is 193 Å². The molecule has 0 aromatic heterocycles. The Morgan fingerprint density at radius 3 is 1.43 bits per heavy atom. The number of carbonyl (C=O) groups excluding carboxylic acids is 2. The second-order valence-electron chi connectivity index (χ2n) is 13.7. The summed E-state index contributed by atoms with van der Waals surface area (Å²) in [5, 5.41) is 20.0. The Balaban J connectivity index is 3.50. The van der Waals surface area contributed by atoms with Gasteiger partial charge in [-0.25, -0.2) is 0 Å². The largest absolute Gasteiger partial charge is 0.463 e. The second-order valence-corrected chi connectivity index (χ2v) is 13.7. The third-order valence-electron chi connectivity index (χ3n) is 8.42. The molecular weight excluding hydrogens is 588 g/mol. The molecule has 0 aliphatic rings. The fourth-order valence-electron chi connectivity index (χ4n) is 5.45. The van der Waals surface area contributed by atoms with Crippen molar-refractivity contribution in [1.82, 2.24) is 0 Å². The molecule has 1 unspecified atom stereocenters. The van der Waals surface area contributed by atoms with Gasteiger partial charge in [-0.2, -0.15) is 0 Å². The summed E-state index contributed by atoms with van der Waals surface area (Å²) in [6.07, 6.45) is 37.9. The Labute approximate surface area is 289 Å². The van der Waals surface area contributed by atoms with Gasteiger partial charge < -0.3 is 19.7 Å². The van der Waals surface area contributed by atoms with Crippen LogP contribution in [0.1, 0.15) is 181 Å². The van der Waals surface area contributed by atoms with Crippen molar-refractivity contribution in [1.29, 1.82) is 0 Å². The molecule has 0 aliphatic carbocycles. The van der Waals surface area contributed by atoms with Crippen LogP contribution in [0, 0.1) is 5.92 Å². The van der Waals surface area contributed by atoms with E-state index in [1.165, 1.54) is 77.0 Å². The molecule has 0 rings (SSSR count). The molecule has 0 aromatic rings. The van der Waals surface area contributed by atoms with E-state index in [0.717, 1.165) is 76.5 Å². The van der Waals surface area contributed by atoms with E-state index in [2.05, 4.69) is 39.0 Å². The zero-order valence-corrected chi connectivity index (χ0v) is 30.8. The van der Waals surface area contributed by atoms with E-state index in [4.69, 9.17) is 9.47 Å². The Morgan fingerprint density at radius 1 is 0.553 bits per heavy atom. The van der Waals surface area contributed by atoms with Gasteiger partial charge in [0.2, 0.25) is 0 Å². The van der Waals surface area contributed by atoms with Crippen molar-refractivity contribution in [3.63, 3.8) is 0 Å². The fraction of sp³-hybridized carbons (Fsp3) is 0.805. The van der Waals surface area contributed by atoms with Crippen LogP contribution in [0.5, 0.6) is 0 Å². The first-order valence-electron chi connectivity index (χ1n) is 19.5. The lowest BCUT2D eigenvalue weighted by Gasteiger charge is -2.12. The number of hydrogen-bond acceptors (Lipinski definition) is 6. The number of aliphatic hydroxyl groups excluding tert-OH is 2. The van der Waals surface area contributed by atoms with Crippen LogP contribution in [0.25, 0.3) is 0 Å². The molecule has 6 nitrogen and oxygen atoms in total. The molecule has 2 atom stereocenters. The molecule has 0 aliphatic heterocycles. The van der Waals surface area contributed by atoms with Crippen molar-refractivity contribution in [2.75, 3.05) is 13.2 Å². The molecule has 0 fully saturated rings. The summed E-state index contributed by atoms with van der Waals surface area (Å²) in [7, 11) is 0. The molecule has 274 valence electrons. The van der Waals surface area contributed by atoms with Crippen LogP contribution in [0.2, 0.25) is 0 Å². The first-order chi connectivity index (χ1) is 22.8. The number of allylic oxidation sites excluding steroid dienone is 5. The van der Waals surface area contributed by atoms with Crippen LogP contribution in [0.15, 0.2) is 36.5 Å². The predicted octanol–water partition coefficient (Wildman–Crippen LogP) is 10.9. The fourth-order valence-corrected chi connectivity index (χ4v) is 5.45. The van der Waals surface area contributed by atoms with Crippen LogP contribution in [-0.2, 0) is 19.1 Å². The Bertz CT molecular complexity index is 787. The summed E-state index contributed by atoms with van der Waals surface area (Å²) in [4.78, 5) is 23.9. The van der Waals surface area contributed by atoms with Crippen LogP contribution >= 0.6 is 0 Å². The van der Waals surface area contributed by atoms with E-state index >= 15 is 0 Å². The Hall–Kier alpha value is -1.92. The van der Waals surface area contributed by atoms with Gasteiger partial charge in [0, 0.05) is 12.8 Å². The highest BCUT2D eigenvalue weighted by Gasteiger charge is 2.12. The standard InChI is InChI=1S/C41H74O6/c1-4-5-6-7-16-21-26-31-38(42)32-27-22-19-24-29-34-41(45)47-36-39(43)35-46-40(44)33-28-23-18-15-13-11-9-8-10-12-14-17-20-25-30-37(2)3/h5-6,16,21,26,31,37-39,42-43H,4,7-15,17-20,22-25,27-30,32-36H2,1-3H3/b6-5+,21-16+,31-26+/t38?,39-/m1/s1. The van der Waals surface area contributed by atoms with Crippen molar-refractivity contribution >= 4 is 11.9 Å². The van der Waals surface area contributed by atoms with Gasteiger partial charge in [0.05, 0.1) is 6.10 Å². The average molecular weight is 663 g/mol. The summed E-state index contributed by atoms with van der Waals surface area (Å²) in [5.74, 6) is 0.210. The maximum atomic E-state index is 12.0. The van der Waals surface area contributed by atoms with Crippen molar-refractivity contribution in [2.24, 2.45) is 5.92 Å². The molecule has 2 N–H and O–H groups in total. The van der Waals surface area contributed by atoms with Crippen LogP contribution in [0.3, 0.4) is 0 Å². The van der Waals surface area contributed by atoms with Gasteiger partial charge in [-0.3, -0.25) is 9.59 Å². The number of aliphatic hydroxyl groups is 2. The number of hydrogen-bond donors (Lipinski definition) is 2. The van der Waals surface area contributed by atoms with E-state index in [1.807, 2.05) is 18.2 Å². The summed E-state index contributed by atoms with van der Waals surface area (Å²) < 4.78 is 10.3. The van der Waals surface area contributed by atoms with Gasteiger partial charge >= 0.3 is 11.9 Å². The van der Waals surface area contributed by atoms with Crippen molar-refractivity contribution in [3.05, 3.63) is 36.5 Å². The molecule has 0 aromatic carbocycles. The minimum atomic E-state index is -0.994. The minimum absolute atomic E-state index is 0.141. The quantitative estimate of drug-likeness (QED) is 0.0308. The highest BCUT2D eigenvalue weighted by atomic mass is 16.6. The first kappa shape index (κ1) is 45.1. The molecule has 6 heteroatoms. The second kappa shape index (κ2) is 35.4. The van der Waals surface area contributed by atoms with E-state index in [-0.39, 0.29) is 25.2 Å². The van der Waals surface area contributed by atoms with Crippen LogP contribution in [-0.4, -0.2) is 47.6 Å². The minimum Gasteiger partial charge on any atom is -0.463 e. The third-order valence-corrected chi connectivity index (χ3v) is 8.42. The highest BCUT2D eigenvalue weighted by molar-refractivity contribution is 5.69. The normalized spacial score (nSPS) is 13.3. The predicted molar refractivity (Wildman–Crippen MR) is 197 cm³/mol. The number of esters is 2. The van der Waals surface area contributed by atoms with E-state index in [9.17, 15) is 19.8 Å². The van der Waals surface area contributed by atoms with E-state index in [1.54, 1.807) is 0 Å². The molecule has 0 radical (unpaired) electrons. The number of rotatable bonds is 34. The summed E-state index contributed by atoms with van der Waals surface area (Å²) >= 11 is 0. The summed E-state index contributed by atoms with van der Waals surface area (Å²) in [5.41, 5.74) is 0. The van der Waals surface area contributed by atoms with E-state index < -0.39 is 12.2 Å². The lowest BCUT2D eigenvalue weighted by molar-refractivity contribution is -0.152. The summed E-state index contributed by atoms with van der Waals surface area (Å²) in [6, 6.07) is 0. The zero-order valence-electron chi connectivity index (χ0n) is 30.8. The number of carbonyl (C=O) groups is 2. The average Bonchev–Trinajstić information content (AvgIpc) is 3.05. The van der Waals surface area contributed by atoms with Crippen LogP contribution in [0.4, 0.5) is 0 Å². The number of unbranched alkanes of at least 4 members (excludes halogenated alkanes) is 17. The Morgan fingerprint density at radius 2 is 0.979 bits per heavy atom. The van der Waals surface area contributed by atoms with Crippen LogP contribution < -0.4 is 0 Å². The van der Waals surface area contributed by atoms with Gasteiger partial charge in [-0.15, -0.1) is 0 Å². The first-order valence-corrected chi connectivity index (χ1v) is 19.5. The molecule has 0 saturated heterocycles. The topological polar surface area (TPSA) is 93.1 Å². The lowest BCUT2D eigenvalue weighted by atomic mass is 10.0. The smallest absolute Gasteiger partial charge is 0.305 e. The molecular formula is C41H74O6. The molecule has 0 heterocycles. The SMILES string of the molecule is CC/C=C/C/C=C/C=C/C(O)CCCCCCCC(=O)OC[C@H](O)COC(=O)CCCCCCCCCCCCCCCCC(C)C. The Kier molecular flexibility index (Phi) is 33.9. The molecule has 0 amide bonds. The molecule has 0 bridgehead atoms. The van der Waals surface area contributed by atoms with Gasteiger partial charge in [0.15, 0.2) is 0 Å². The summed E-state index contributed by atoms with van der Waals surface area (Å²) in [6.45, 7) is 6.44. The van der Waals surface area contributed by atoms with E-state index in [0.29, 0.717) is 12.8 Å². The highest BCUT2D eigenvalue weighted by Crippen LogP contribution is 2.15. The van der Waals surface area contributed by atoms with Gasteiger partial charge in [-0.1, -0.05) is 173 Å². The maximum Gasteiger partial charge on any atom is 0.305 e. The zero-order chi connectivity index (χ0) is 34.6. The lowest BCUT2D eigenvalue weighted by Crippen LogP contribution is -2.25. The van der Waals surface area contributed by atoms with Gasteiger partial charge in [0.1, 0.15) is 19.3 Å². The third kappa shape index (κ3) is 36.8. The number of ether oxygens (including phenoxy) is 2. The van der Waals surface area contributed by atoms with Crippen molar-refractivity contribution in [3.8, 4) is 0 Å². The van der Waals surface area contributed by atoms with Gasteiger partial charge in [0.25, 0.3) is 0 Å². The van der Waals surface area contributed by atoms with Gasteiger partial charge in [-0.05, 0) is 38.0 Å². The maximum absolute atomic E-state index is 12.0. The molecule has 47 heavy (non-hydrogen) atoms. The molecule has 0 spiro atoms.